The predicted octanol–water partition coefficient (Wildman–Crippen LogP) is 5.37. The number of aromatic nitrogens is 2. The van der Waals surface area contributed by atoms with Crippen molar-refractivity contribution in [3.63, 3.8) is 0 Å². The van der Waals surface area contributed by atoms with Gasteiger partial charge in [-0.3, -0.25) is 0 Å². The van der Waals surface area contributed by atoms with Crippen LogP contribution >= 0.6 is 11.6 Å². The summed E-state index contributed by atoms with van der Waals surface area (Å²) in [4.78, 5) is 4.47. The van der Waals surface area contributed by atoms with Gasteiger partial charge < -0.3 is 14.4 Å². The highest BCUT2D eigenvalue weighted by atomic mass is 35.5. The number of hydrogen-bond donors (Lipinski definition) is 1. The second-order valence-corrected chi connectivity index (χ2v) is 13.4. The highest BCUT2D eigenvalue weighted by Crippen LogP contribution is 2.32. The number of rotatable bonds is 6. The zero-order valence-electron chi connectivity index (χ0n) is 14.8. The lowest BCUT2D eigenvalue weighted by Crippen LogP contribution is -2.22. The molecule has 0 aliphatic heterocycles. The molecule has 132 valence electrons. The van der Waals surface area contributed by atoms with Crippen molar-refractivity contribution in [1.29, 1.82) is 0 Å². The van der Waals surface area contributed by atoms with Crippen LogP contribution in [0.1, 0.15) is 0 Å². The van der Waals surface area contributed by atoms with Crippen LogP contribution < -0.4 is 0 Å². The summed E-state index contributed by atoms with van der Waals surface area (Å²) in [5.41, 5.74) is 2.73. The second-order valence-electron chi connectivity index (χ2n) is 7.42. The van der Waals surface area contributed by atoms with E-state index in [0.29, 0.717) is 11.9 Å². The largest absolute Gasteiger partial charge is 0.508 e. The van der Waals surface area contributed by atoms with Crippen LogP contribution in [0.3, 0.4) is 0 Å². The molecule has 0 fully saturated rings. The number of phenols is 1. The minimum atomic E-state index is -1.11. The van der Waals surface area contributed by atoms with E-state index in [9.17, 15) is 5.11 Å². The fraction of sp³-hybridized carbons (Fsp3) is 0.316. The minimum Gasteiger partial charge on any atom is -0.508 e. The molecule has 0 saturated heterocycles. The molecule has 4 nitrogen and oxygen atoms in total. The molecule has 6 heteroatoms. The Morgan fingerprint density at radius 3 is 2.72 bits per heavy atom. The molecule has 0 saturated carbocycles. The van der Waals surface area contributed by atoms with Gasteiger partial charge in [0.25, 0.3) is 0 Å². The van der Waals surface area contributed by atoms with Crippen molar-refractivity contribution in [3.05, 3.63) is 47.7 Å². The zero-order chi connectivity index (χ0) is 18.0. The fourth-order valence-electron chi connectivity index (χ4n) is 2.68. The van der Waals surface area contributed by atoms with Crippen LogP contribution in [0.5, 0.6) is 5.75 Å². The molecule has 0 aliphatic rings. The Kier molecular flexibility index (Phi) is 5.18. The predicted molar refractivity (Wildman–Crippen MR) is 106 cm³/mol. The molecular formula is C19H23ClN2O2Si. The van der Waals surface area contributed by atoms with Crippen LogP contribution in [-0.4, -0.2) is 29.3 Å². The first kappa shape index (κ1) is 18.0. The molecule has 3 rings (SSSR count). The first-order chi connectivity index (χ1) is 11.8. The van der Waals surface area contributed by atoms with Gasteiger partial charge in [-0.25, -0.2) is 4.98 Å². The summed E-state index contributed by atoms with van der Waals surface area (Å²) < 4.78 is 7.86. The molecule has 0 aliphatic carbocycles. The van der Waals surface area contributed by atoms with Gasteiger partial charge in [-0.15, -0.1) is 0 Å². The highest BCUT2D eigenvalue weighted by molar-refractivity contribution is 6.76. The van der Waals surface area contributed by atoms with E-state index in [-0.39, 0.29) is 5.75 Å². The third-order valence-corrected chi connectivity index (χ3v) is 5.99. The number of phenolic OH excluding ortho intramolecular Hbond substituents is 1. The van der Waals surface area contributed by atoms with Crippen molar-refractivity contribution in [1.82, 2.24) is 9.55 Å². The second kappa shape index (κ2) is 7.20. The quantitative estimate of drug-likeness (QED) is 0.358. The minimum absolute atomic E-state index is 0.242. The van der Waals surface area contributed by atoms with Crippen LogP contribution in [0.15, 0.2) is 42.6 Å². The number of ether oxygens (including phenoxy) is 1. The Morgan fingerprint density at radius 1 is 1.20 bits per heavy atom. The van der Waals surface area contributed by atoms with Crippen molar-refractivity contribution in [2.45, 2.75) is 32.4 Å². The summed E-state index contributed by atoms with van der Waals surface area (Å²) in [6.45, 7) is 8.19. The Balaban J connectivity index is 1.92. The Hall–Kier alpha value is -1.82. The summed E-state index contributed by atoms with van der Waals surface area (Å²) in [5.74, 6) is 0.242. The van der Waals surface area contributed by atoms with E-state index in [1.54, 1.807) is 18.2 Å². The molecule has 0 spiro atoms. The van der Waals surface area contributed by atoms with Gasteiger partial charge in [0.1, 0.15) is 23.3 Å². The van der Waals surface area contributed by atoms with E-state index < -0.39 is 8.07 Å². The molecular weight excluding hydrogens is 352 g/mol. The smallest absolute Gasteiger partial charge is 0.144 e. The van der Waals surface area contributed by atoms with Gasteiger partial charge >= 0.3 is 0 Å². The number of benzene rings is 1. The van der Waals surface area contributed by atoms with Crippen molar-refractivity contribution in [3.8, 4) is 16.9 Å². The molecule has 3 aromatic rings. The Bertz CT molecular complexity index is 887. The van der Waals surface area contributed by atoms with Crippen molar-refractivity contribution >= 4 is 30.7 Å². The van der Waals surface area contributed by atoms with Gasteiger partial charge in [0.2, 0.25) is 0 Å². The average molecular weight is 375 g/mol. The molecule has 0 bridgehead atoms. The van der Waals surface area contributed by atoms with Crippen LogP contribution in [0.4, 0.5) is 0 Å². The molecule has 0 atom stereocenters. The van der Waals surface area contributed by atoms with Gasteiger partial charge in [-0.05, 0) is 35.9 Å². The molecule has 0 amide bonds. The van der Waals surface area contributed by atoms with E-state index in [1.807, 2.05) is 29.0 Å². The molecule has 2 aromatic heterocycles. The van der Waals surface area contributed by atoms with Crippen LogP contribution in [0, 0.1) is 0 Å². The summed E-state index contributed by atoms with van der Waals surface area (Å²) in [6, 6.07) is 12.1. The number of fused-ring (bicyclic) bond motifs is 1. The molecule has 25 heavy (non-hydrogen) atoms. The van der Waals surface area contributed by atoms with E-state index >= 15 is 0 Å². The number of hydrogen-bond acceptors (Lipinski definition) is 3. The lowest BCUT2D eigenvalue weighted by molar-refractivity contribution is 0.0899. The fourth-order valence-corrected chi connectivity index (χ4v) is 3.58. The van der Waals surface area contributed by atoms with Gasteiger partial charge in [-0.1, -0.05) is 43.4 Å². The van der Waals surface area contributed by atoms with Crippen molar-refractivity contribution in [2.24, 2.45) is 0 Å². The highest BCUT2D eigenvalue weighted by Gasteiger charge is 2.14. The summed E-state index contributed by atoms with van der Waals surface area (Å²) >= 11 is 6.09. The maximum absolute atomic E-state index is 9.78. The van der Waals surface area contributed by atoms with Gasteiger partial charge in [0.15, 0.2) is 0 Å². The Labute approximate surface area is 154 Å². The lowest BCUT2D eigenvalue weighted by atomic mass is 10.1. The molecule has 1 aromatic carbocycles. The van der Waals surface area contributed by atoms with Crippen LogP contribution in [0.2, 0.25) is 30.8 Å². The summed E-state index contributed by atoms with van der Waals surface area (Å²) in [7, 11) is -1.11. The van der Waals surface area contributed by atoms with Crippen molar-refractivity contribution < 1.29 is 9.84 Å². The molecule has 0 unspecified atom stereocenters. The van der Waals surface area contributed by atoms with E-state index in [4.69, 9.17) is 16.3 Å². The molecule has 1 N–H and O–H groups in total. The Morgan fingerprint density at radius 2 is 2.00 bits per heavy atom. The maximum Gasteiger partial charge on any atom is 0.144 e. The summed E-state index contributed by atoms with van der Waals surface area (Å²) in [6.07, 6.45) is 2.01. The average Bonchev–Trinajstić information content (AvgIpc) is 2.89. The van der Waals surface area contributed by atoms with E-state index in [0.717, 1.165) is 34.8 Å². The number of aromatic hydroxyl groups is 1. The van der Waals surface area contributed by atoms with Gasteiger partial charge in [0, 0.05) is 31.8 Å². The first-order valence-corrected chi connectivity index (χ1v) is 12.4. The topological polar surface area (TPSA) is 47.3 Å². The van der Waals surface area contributed by atoms with Crippen molar-refractivity contribution in [2.75, 3.05) is 6.61 Å². The SMILES string of the molecule is C[Si](C)(C)CCOCn1cc(-c2cccc(O)c2)c2ccc(Cl)nc21. The molecule has 2 heterocycles. The lowest BCUT2D eigenvalue weighted by Gasteiger charge is -2.15. The monoisotopic (exact) mass is 374 g/mol. The number of halogens is 1. The standard InChI is InChI=1S/C19H23ClN2O2Si/c1-25(2,3)10-9-24-13-22-12-17(14-5-4-6-15(23)11-14)16-7-8-18(20)21-19(16)22/h4-8,11-12,23H,9-10,13H2,1-3H3. The van der Waals surface area contributed by atoms with E-state index in [2.05, 4.69) is 24.6 Å². The summed E-state index contributed by atoms with van der Waals surface area (Å²) in [5, 5.41) is 11.2. The number of pyridine rings is 1. The van der Waals surface area contributed by atoms with Gasteiger partial charge in [-0.2, -0.15) is 0 Å². The third kappa shape index (κ3) is 4.42. The zero-order valence-corrected chi connectivity index (χ0v) is 16.5. The first-order valence-electron chi connectivity index (χ1n) is 8.36. The van der Waals surface area contributed by atoms with Crippen LogP contribution in [0.25, 0.3) is 22.2 Å². The van der Waals surface area contributed by atoms with E-state index in [1.165, 1.54) is 0 Å². The molecule has 0 radical (unpaired) electrons. The number of nitrogens with zero attached hydrogens (tertiary/aromatic N) is 2. The van der Waals surface area contributed by atoms with Gasteiger partial charge in [0.05, 0.1) is 0 Å². The maximum atomic E-state index is 9.78. The van der Waals surface area contributed by atoms with Crippen LogP contribution in [-0.2, 0) is 11.5 Å². The third-order valence-electron chi connectivity index (χ3n) is 4.07. The normalized spacial score (nSPS) is 12.0.